The average Bonchev–Trinajstić information content (AvgIpc) is 2.50. The molecule has 1 fully saturated rings. The number of nitriles is 1. The lowest BCUT2D eigenvalue weighted by Gasteiger charge is -2.34. The number of carbonyl (C=O) groups is 1. The Balaban J connectivity index is 2.50. The van der Waals surface area contributed by atoms with Gasteiger partial charge in [0.05, 0.1) is 28.2 Å². The van der Waals surface area contributed by atoms with E-state index < -0.39 is 5.54 Å². The number of halogens is 1. The number of para-hydroxylation sites is 1. The van der Waals surface area contributed by atoms with Crippen LogP contribution in [0.1, 0.15) is 20.3 Å². The molecule has 0 saturated carbocycles. The lowest BCUT2D eigenvalue weighted by Crippen LogP contribution is -2.44. The molecule has 1 aliphatic heterocycles. The number of hydrogen-bond acceptors (Lipinski definition) is 2. The molecule has 0 aromatic heterocycles. The summed E-state index contributed by atoms with van der Waals surface area (Å²) in [6, 6.07) is 9.41. The molecule has 88 valence electrons. The molecule has 1 aliphatic rings. The van der Waals surface area contributed by atoms with Crippen molar-refractivity contribution in [1.29, 1.82) is 5.26 Å². The van der Waals surface area contributed by atoms with Crippen LogP contribution in [0.15, 0.2) is 24.3 Å². The predicted octanol–water partition coefficient (Wildman–Crippen LogP) is 3.00. The first-order valence-corrected chi connectivity index (χ1v) is 5.83. The maximum Gasteiger partial charge on any atom is 0.228 e. The van der Waals surface area contributed by atoms with Gasteiger partial charge in [0, 0.05) is 6.42 Å². The van der Waals surface area contributed by atoms with Gasteiger partial charge < -0.3 is 4.90 Å². The van der Waals surface area contributed by atoms with Crippen molar-refractivity contribution < 1.29 is 4.79 Å². The van der Waals surface area contributed by atoms with E-state index in [2.05, 4.69) is 6.07 Å². The first-order valence-electron chi connectivity index (χ1n) is 5.45. The highest BCUT2D eigenvalue weighted by Gasteiger charge is 2.47. The van der Waals surface area contributed by atoms with Gasteiger partial charge in [0.2, 0.25) is 5.91 Å². The van der Waals surface area contributed by atoms with Gasteiger partial charge in [0.15, 0.2) is 0 Å². The van der Waals surface area contributed by atoms with Gasteiger partial charge in [0.1, 0.15) is 0 Å². The van der Waals surface area contributed by atoms with Crippen molar-refractivity contribution in [3.05, 3.63) is 29.3 Å². The number of carbonyl (C=O) groups excluding carboxylic acids is 1. The van der Waals surface area contributed by atoms with Crippen LogP contribution in [0.25, 0.3) is 0 Å². The number of rotatable bonds is 1. The van der Waals surface area contributed by atoms with Crippen LogP contribution < -0.4 is 4.90 Å². The van der Waals surface area contributed by atoms with Gasteiger partial charge in [-0.05, 0) is 26.0 Å². The minimum absolute atomic E-state index is 0.0466. The molecule has 0 bridgehead atoms. The second-order valence-electron chi connectivity index (χ2n) is 4.72. The Kier molecular flexibility index (Phi) is 2.84. The van der Waals surface area contributed by atoms with E-state index in [1.54, 1.807) is 11.0 Å². The van der Waals surface area contributed by atoms with Crippen LogP contribution in [-0.4, -0.2) is 11.4 Å². The van der Waals surface area contributed by atoms with E-state index in [1.165, 1.54) is 0 Å². The van der Waals surface area contributed by atoms with Crippen LogP contribution in [0, 0.1) is 17.2 Å². The van der Waals surface area contributed by atoms with Crippen LogP contribution in [0.3, 0.4) is 0 Å². The normalized spacial score (nSPS) is 22.6. The fourth-order valence-corrected chi connectivity index (χ4v) is 2.49. The van der Waals surface area contributed by atoms with Crippen molar-refractivity contribution in [2.75, 3.05) is 4.90 Å². The molecule has 0 aliphatic carbocycles. The second kappa shape index (κ2) is 4.05. The Morgan fingerprint density at radius 3 is 2.65 bits per heavy atom. The van der Waals surface area contributed by atoms with E-state index in [4.69, 9.17) is 16.9 Å². The van der Waals surface area contributed by atoms with Gasteiger partial charge in [-0.25, -0.2) is 0 Å². The van der Waals surface area contributed by atoms with E-state index in [0.717, 1.165) is 0 Å². The maximum atomic E-state index is 12.0. The van der Waals surface area contributed by atoms with Crippen molar-refractivity contribution in [3.8, 4) is 6.07 Å². The number of benzene rings is 1. The molecule has 4 heteroatoms. The van der Waals surface area contributed by atoms with Gasteiger partial charge >= 0.3 is 0 Å². The molecular weight excluding hydrogens is 236 g/mol. The number of nitrogens with zero attached hydrogens (tertiary/aromatic N) is 2. The van der Waals surface area contributed by atoms with Gasteiger partial charge in [-0.3, -0.25) is 4.79 Å². The van der Waals surface area contributed by atoms with Crippen molar-refractivity contribution in [2.45, 2.75) is 25.8 Å². The van der Waals surface area contributed by atoms with Crippen molar-refractivity contribution in [2.24, 2.45) is 5.92 Å². The van der Waals surface area contributed by atoms with E-state index in [1.807, 2.05) is 32.0 Å². The molecule has 1 atom stereocenters. The van der Waals surface area contributed by atoms with Gasteiger partial charge in [-0.1, -0.05) is 23.7 Å². The summed E-state index contributed by atoms with van der Waals surface area (Å²) in [5.41, 5.74) is 0.165. The smallest absolute Gasteiger partial charge is 0.228 e. The highest BCUT2D eigenvalue weighted by Crippen LogP contribution is 2.41. The molecular formula is C13H13ClN2O. The van der Waals surface area contributed by atoms with Crippen molar-refractivity contribution >= 4 is 23.2 Å². The Morgan fingerprint density at radius 1 is 1.47 bits per heavy atom. The molecule has 1 saturated heterocycles. The number of hydrogen-bond donors (Lipinski definition) is 0. The van der Waals surface area contributed by atoms with Crippen molar-refractivity contribution in [3.63, 3.8) is 0 Å². The zero-order valence-corrected chi connectivity index (χ0v) is 10.5. The largest absolute Gasteiger partial charge is 0.304 e. The molecule has 0 N–H and O–H groups in total. The summed E-state index contributed by atoms with van der Waals surface area (Å²) >= 11 is 6.11. The summed E-state index contributed by atoms with van der Waals surface area (Å²) in [6.45, 7) is 3.80. The minimum atomic E-state index is -0.517. The third-order valence-corrected chi connectivity index (χ3v) is 3.63. The van der Waals surface area contributed by atoms with Crippen LogP contribution in [0.5, 0.6) is 0 Å². The Labute approximate surface area is 106 Å². The third kappa shape index (κ3) is 1.79. The van der Waals surface area contributed by atoms with Gasteiger partial charge in [0.25, 0.3) is 0 Å². The minimum Gasteiger partial charge on any atom is -0.304 e. The SMILES string of the molecule is CC1(C)C(C#N)CC(=O)N1c1ccccc1Cl. The average molecular weight is 249 g/mol. The molecule has 1 aromatic rings. The molecule has 1 heterocycles. The number of amides is 1. The fraction of sp³-hybridized carbons (Fsp3) is 0.385. The molecule has 0 radical (unpaired) electrons. The zero-order valence-electron chi connectivity index (χ0n) is 9.77. The molecule has 0 spiro atoms. The monoisotopic (exact) mass is 248 g/mol. The molecule has 2 rings (SSSR count). The lowest BCUT2D eigenvalue weighted by molar-refractivity contribution is -0.117. The van der Waals surface area contributed by atoms with E-state index in [0.29, 0.717) is 10.7 Å². The van der Waals surface area contributed by atoms with Crippen LogP contribution in [0.2, 0.25) is 5.02 Å². The summed E-state index contributed by atoms with van der Waals surface area (Å²) in [5.74, 6) is -0.346. The summed E-state index contributed by atoms with van der Waals surface area (Å²) < 4.78 is 0. The third-order valence-electron chi connectivity index (χ3n) is 3.31. The number of anilines is 1. The lowest BCUT2D eigenvalue weighted by atomic mass is 9.89. The van der Waals surface area contributed by atoms with Crippen LogP contribution in [-0.2, 0) is 4.79 Å². The molecule has 1 unspecified atom stereocenters. The Hall–Kier alpha value is -1.53. The summed E-state index contributed by atoms with van der Waals surface area (Å²) in [5, 5.41) is 9.63. The highest BCUT2D eigenvalue weighted by molar-refractivity contribution is 6.34. The van der Waals surface area contributed by atoms with E-state index >= 15 is 0 Å². The maximum absolute atomic E-state index is 12.0. The topological polar surface area (TPSA) is 44.1 Å². The second-order valence-corrected chi connectivity index (χ2v) is 5.13. The van der Waals surface area contributed by atoms with Gasteiger partial charge in [-0.2, -0.15) is 5.26 Å². The summed E-state index contributed by atoms with van der Waals surface area (Å²) in [6.07, 6.45) is 0.259. The Bertz CT molecular complexity index is 504. The van der Waals surface area contributed by atoms with Crippen LogP contribution in [0.4, 0.5) is 5.69 Å². The predicted molar refractivity (Wildman–Crippen MR) is 66.7 cm³/mol. The Morgan fingerprint density at radius 2 is 2.12 bits per heavy atom. The molecule has 3 nitrogen and oxygen atoms in total. The van der Waals surface area contributed by atoms with Crippen molar-refractivity contribution in [1.82, 2.24) is 0 Å². The van der Waals surface area contributed by atoms with E-state index in [-0.39, 0.29) is 18.2 Å². The molecule has 1 aromatic carbocycles. The first kappa shape index (κ1) is 11.9. The summed E-state index contributed by atoms with van der Waals surface area (Å²) in [4.78, 5) is 13.7. The fourth-order valence-electron chi connectivity index (χ4n) is 2.27. The first-order chi connectivity index (χ1) is 7.98. The molecule has 17 heavy (non-hydrogen) atoms. The molecule has 1 amide bonds. The van der Waals surface area contributed by atoms with E-state index in [9.17, 15) is 4.79 Å². The quantitative estimate of drug-likeness (QED) is 0.767. The highest BCUT2D eigenvalue weighted by atomic mass is 35.5. The standard InChI is InChI=1S/C13H13ClN2O/c1-13(2)9(8-15)7-12(17)16(13)11-6-4-3-5-10(11)14/h3-6,9H,7H2,1-2H3. The van der Waals surface area contributed by atoms with Gasteiger partial charge in [-0.15, -0.1) is 0 Å². The zero-order chi connectivity index (χ0) is 12.6. The summed E-state index contributed by atoms with van der Waals surface area (Å²) in [7, 11) is 0. The van der Waals surface area contributed by atoms with Crippen LogP contribution >= 0.6 is 11.6 Å².